The molecule has 2 amide bonds. The minimum absolute atomic E-state index is 0.264. The van der Waals surface area contributed by atoms with Crippen LogP contribution in [0, 0.1) is 12.7 Å². The van der Waals surface area contributed by atoms with Crippen LogP contribution in [0.4, 0.5) is 9.18 Å². The largest absolute Gasteiger partial charge is 0.338 e. The molecule has 3 aromatic rings. The van der Waals surface area contributed by atoms with Crippen LogP contribution in [-0.2, 0) is 13.0 Å². The fraction of sp³-hybridized carbons (Fsp3) is 0.200. The highest BCUT2D eigenvalue weighted by Crippen LogP contribution is 2.09. The first-order valence-electron chi connectivity index (χ1n) is 8.47. The maximum atomic E-state index is 13.5. The SMILES string of the molecule is Cc1ccc(CNC(=O)NCCc2cnn(-c3ccccc3)c2)cc1F. The van der Waals surface area contributed by atoms with E-state index in [1.54, 1.807) is 29.9 Å². The van der Waals surface area contributed by atoms with Gasteiger partial charge in [-0.15, -0.1) is 0 Å². The van der Waals surface area contributed by atoms with Crippen LogP contribution in [0.25, 0.3) is 5.69 Å². The zero-order valence-corrected chi connectivity index (χ0v) is 14.6. The first kappa shape index (κ1) is 17.7. The quantitative estimate of drug-likeness (QED) is 0.715. The van der Waals surface area contributed by atoms with E-state index >= 15 is 0 Å². The monoisotopic (exact) mass is 352 g/mol. The van der Waals surface area contributed by atoms with Crippen molar-refractivity contribution in [3.8, 4) is 5.69 Å². The van der Waals surface area contributed by atoms with Gasteiger partial charge in [-0.3, -0.25) is 0 Å². The van der Waals surface area contributed by atoms with E-state index in [4.69, 9.17) is 0 Å². The predicted octanol–water partition coefficient (Wildman–Crippen LogP) is 3.36. The van der Waals surface area contributed by atoms with Crippen molar-refractivity contribution in [1.29, 1.82) is 0 Å². The molecule has 0 bridgehead atoms. The van der Waals surface area contributed by atoms with Crippen LogP contribution in [0.15, 0.2) is 60.9 Å². The molecular weight excluding hydrogens is 331 g/mol. The average Bonchev–Trinajstić information content (AvgIpc) is 3.12. The molecule has 1 heterocycles. The third-order valence-electron chi connectivity index (χ3n) is 4.05. The lowest BCUT2D eigenvalue weighted by atomic mass is 10.1. The molecule has 0 aliphatic rings. The van der Waals surface area contributed by atoms with Gasteiger partial charge in [0.15, 0.2) is 0 Å². The van der Waals surface area contributed by atoms with Gasteiger partial charge in [-0.1, -0.05) is 30.3 Å². The van der Waals surface area contributed by atoms with Gasteiger partial charge in [0.25, 0.3) is 0 Å². The number of nitrogens with zero attached hydrogens (tertiary/aromatic N) is 2. The summed E-state index contributed by atoms with van der Waals surface area (Å²) in [5.74, 6) is -0.264. The summed E-state index contributed by atoms with van der Waals surface area (Å²) in [6.45, 7) is 2.49. The number of nitrogens with one attached hydrogen (secondary N) is 2. The number of aromatic nitrogens is 2. The van der Waals surface area contributed by atoms with Crippen molar-refractivity contribution in [2.24, 2.45) is 0 Å². The van der Waals surface area contributed by atoms with Gasteiger partial charge in [0.1, 0.15) is 5.82 Å². The summed E-state index contributed by atoms with van der Waals surface area (Å²) >= 11 is 0. The zero-order chi connectivity index (χ0) is 18.4. The van der Waals surface area contributed by atoms with Crippen LogP contribution in [0.3, 0.4) is 0 Å². The fourth-order valence-corrected chi connectivity index (χ4v) is 2.52. The summed E-state index contributed by atoms with van der Waals surface area (Å²) in [6, 6.07) is 14.5. The van der Waals surface area contributed by atoms with Crippen molar-refractivity contribution >= 4 is 6.03 Å². The van der Waals surface area contributed by atoms with Crippen molar-refractivity contribution in [3.63, 3.8) is 0 Å². The molecule has 0 fully saturated rings. The number of carbonyl (C=O) groups is 1. The number of aryl methyl sites for hydroxylation is 1. The predicted molar refractivity (Wildman–Crippen MR) is 98.6 cm³/mol. The zero-order valence-electron chi connectivity index (χ0n) is 14.6. The standard InChI is InChI=1S/C20H21FN4O/c1-15-7-8-16(11-19(15)21)12-23-20(26)22-10-9-17-13-24-25(14-17)18-5-3-2-4-6-18/h2-8,11,13-14H,9-10,12H2,1H3,(H2,22,23,26). The number of para-hydroxylation sites is 1. The summed E-state index contributed by atoms with van der Waals surface area (Å²) in [7, 11) is 0. The molecule has 26 heavy (non-hydrogen) atoms. The molecular formula is C20H21FN4O. The van der Waals surface area contributed by atoms with E-state index in [-0.39, 0.29) is 18.4 Å². The van der Waals surface area contributed by atoms with Crippen LogP contribution in [0.2, 0.25) is 0 Å². The first-order valence-corrected chi connectivity index (χ1v) is 8.47. The molecule has 0 saturated carbocycles. The van der Waals surface area contributed by atoms with Crippen molar-refractivity contribution in [2.75, 3.05) is 6.54 Å². The second-order valence-electron chi connectivity index (χ2n) is 6.07. The Balaban J connectivity index is 1.42. The highest BCUT2D eigenvalue weighted by Gasteiger charge is 2.04. The van der Waals surface area contributed by atoms with Crippen LogP contribution < -0.4 is 10.6 Å². The Morgan fingerprint density at radius 3 is 2.69 bits per heavy atom. The Kier molecular flexibility index (Phi) is 5.63. The van der Waals surface area contributed by atoms with Crippen molar-refractivity contribution < 1.29 is 9.18 Å². The number of carbonyl (C=O) groups excluding carboxylic acids is 1. The molecule has 0 unspecified atom stereocenters. The van der Waals surface area contributed by atoms with E-state index in [1.165, 1.54) is 6.07 Å². The first-order chi connectivity index (χ1) is 12.6. The van der Waals surface area contributed by atoms with E-state index < -0.39 is 0 Å². The summed E-state index contributed by atoms with van der Waals surface area (Å²) < 4.78 is 15.3. The molecule has 2 aromatic carbocycles. The molecule has 0 spiro atoms. The summed E-state index contributed by atoms with van der Waals surface area (Å²) in [4.78, 5) is 11.8. The summed E-state index contributed by atoms with van der Waals surface area (Å²) in [5.41, 5.74) is 3.35. The Bertz CT molecular complexity index is 877. The van der Waals surface area contributed by atoms with Crippen LogP contribution in [-0.4, -0.2) is 22.4 Å². The highest BCUT2D eigenvalue weighted by atomic mass is 19.1. The molecule has 2 N–H and O–H groups in total. The lowest BCUT2D eigenvalue weighted by Gasteiger charge is -2.08. The second kappa shape index (κ2) is 8.29. The number of hydrogen-bond donors (Lipinski definition) is 2. The van der Waals surface area contributed by atoms with E-state index in [0.717, 1.165) is 16.8 Å². The van der Waals surface area contributed by atoms with Gasteiger partial charge in [0.2, 0.25) is 0 Å². The van der Waals surface area contributed by atoms with Crippen LogP contribution in [0.5, 0.6) is 0 Å². The number of urea groups is 1. The van der Waals surface area contributed by atoms with Gasteiger partial charge in [0, 0.05) is 19.3 Å². The number of rotatable bonds is 6. The maximum Gasteiger partial charge on any atom is 0.315 e. The third kappa shape index (κ3) is 4.69. The maximum absolute atomic E-state index is 13.5. The number of hydrogen-bond acceptors (Lipinski definition) is 2. The Morgan fingerprint density at radius 1 is 1.12 bits per heavy atom. The molecule has 0 radical (unpaired) electrons. The number of halogens is 1. The van der Waals surface area contributed by atoms with Gasteiger partial charge in [-0.25, -0.2) is 13.9 Å². The average molecular weight is 352 g/mol. The van der Waals surface area contributed by atoms with Crippen LogP contribution >= 0.6 is 0 Å². The molecule has 0 saturated heterocycles. The van der Waals surface area contributed by atoms with E-state index in [2.05, 4.69) is 15.7 Å². The molecule has 5 nitrogen and oxygen atoms in total. The highest BCUT2D eigenvalue weighted by molar-refractivity contribution is 5.73. The van der Waals surface area contributed by atoms with Crippen LogP contribution in [0.1, 0.15) is 16.7 Å². The minimum atomic E-state index is -0.276. The number of amides is 2. The number of benzene rings is 2. The van der Waals surface area contributed by atoms with Crippen molar-refractivity contribution in [3.05, 3.63) is 83.4 Å². The van der Waals surface area contributed by atoms with Gasteiger partial charge < -0.3 is 10.6 Å². The Hall–Kier alpha value is -3.15. The molecule has 1 aromatic heterocycles. The van der Waals surface area contributed by atoms with E-state index in [1.807, 2.05) is 36.5 Å². The third-order valence-corrected chi connectivity index (χ3v) is 4.05. The Labute approximate surface area is 151 Å². The molecule has 0 aliphatic heterocycles. The lowest BCUT2D eigenvalue weighted by molar-refractivity contribution is 0.240. The van der Waals surface area contributed by atoms with Crippen molar-refractivity contribution in [1.82, 2.24) is 20.4 Å². The summed E-state index contributed by atoms with van der Waals surface area (Å²) in [6.07, 6.45) is 4.42. The molecule has 3 rings (SSSR count). The molecule has 0 atom stereocenters. The Morgan fingerprint density at radius 2 is 1.92 bits per heavy atom. The smallest absolute Gasteiger partial charge is 0.315 e. The van der Waals surface area contributed by atoms with Gasteiger partial charge in [-0.05, 0) is 48.2 Å². The fourth-order valence-electron chi connectivity index (χ4n) is 2.52. The summed E-state index contributed by atoms with van der Waals surface area (Å²) in [5, 5.41) is 9.85. The molecule has 134 valence electrons. The van der Waals surface area contributed by atoms with Crippen molar-refractivity contribution in [2.45, 2.75) is 19.9 Å². The van der Waals surface area contributed by atoms with E-state index in [9.17, 15) is 9.18 Å². The normalized spacial score (nSPS) is 10.5. The minimum Gasteiger partial charge on any atom is -0.338 e. The molecule has 0 aliphatic carbocycles. The van der Waals surface area contributed by atoms with Gasteiger partial charge >= 0.3 is 6.03 Å². The van der Waals surface area contributed by atoms with E-state index in [0.29, 0.717) is 18.5 Å². The molecule has 6 heteroatoms. The van der Waals surface area contributed by atoms with Gasteiger partial charge in [-0.2, -0.15) is 5.10 Å². The lowest BCUT2D eigenvalue weighted by Crippen LogP contribution is -2.36. The topological polar surface area (TPSA) is 59.0 Å². The van der Waals surface area contributed by atoms with Gasteiger partial charge in [0.05, 0.1) is 11.9 Å². The second-order valence-corrected chi connectivity index (χ2v) is 6.07.